The molecule has 0 aliphatic heterocycles. The maximum Gasteiger partial charge on any atom is 0.276 e. The molecule has 1 saturated carbocycles. The van der Waals surface area contributed by atoms with Crippen molar-refractivity contribution >= 4 is 38.2 Å². The highest BCUT2D eigenvalue weighted by Crippen LogP contribution is 2.36. The van der Waals surface area contributed by atoms with Crippen molar-refractivity contribution in [3.8, 4) is 0 Å². The van der Waals surface area contributed by atoms with E-state index in [1.807, 2.05) is 0 Å². The van der Waals surface area contributed by atoms with Gasteiger partial charge in [0.05, 0.1) is 5.56 Å². The van der Waals surface area contributed by atoms with Crippen LogP contribution in [0.4, 0.5) is 5.00 Å². The molecular weight excluding hydrogens is 354 g/mol. The van der Waals surface area contributed by atoms with Gasteiger partial charge in [0.25, 0.3) is 21.8 Å². The Morgan fingerprint density at radius 2 is 2.17 bits per heavy atom. The van der Waals surface area contributed by atoms with Crippen LogP contribution < -0.4 is 11.1 Å². The number of H-pyrrole nitrogens is 1. The minimum absolute atomic E-state index is 0.0174. The van der Waals surface area contributed by atoms with Crippen LogP contribution in [-0.2, 0) is 10.0 Å². The number of hydrogen-bond acceptors (Lipinski definition) is 6. The maximum absolute atomic E-state index is 12.6. The van der Waals surface area contributed by atoms with Crippen molar-refractivity contribution in [1.29, 1.82) is 0 Å². The number of thiophene rings is 1. The Kier molecular flexibility index (Phi) is 4.15. The van der Waals surface area contributed by atoms with Gasteiger partial charge >= 0.3 is 0 Å². The topological polar surface area (TPSA) is 138 Å². The third-order valence-electron chi connectivity index (χ3n) is 3.63. The van der Waals surface area contributed by atoms with Crippen molar-refractivity contribution in [3.05, 3.63) is 29.6 Å². The molecule has 2 heterocycles. The number of carbonyl (C=O) groups is 2. The quantitative estimate of drug-likeness (QED) is 0.684. The van der Waals surface area contributed by atoms with Gasteiger partial charge in [-0.25, -0.2) is 8.42 Å². The van der Waals surface area contributed by atoms with Crippen molar-refractivity contribution in [2.24, 2.45) is 5.73 Å². The Morgan fingerprint density at radius 1 is 1.46 bits per heavy atom. The Bertz CT molecular complexity index is 884. The smallest absolute Gasteiger partial charge is 0.276 e. The molecule has 3 rings (SSSR count). The van der Waals surface area contributed by atoms with Crippen LogP contribution in [-0.4, -0.2) is 47.8 Å². The fourth-order valence-corrected chi connectivity index (χ4v) is 5.07. The van der Waals surface area contributed by atoms with Crippen molar-refractivity contribution in [1.82, 2.24) is 14.5 Å². The summed E-state index contributed by atoms with van der Waals surface area (Å²) in [6, 6.07) is 2.63. The van der Waals surface area contributed by atoms with Gasteiger partial charge in [0.15, 0.2) is 0 Å². The minimum Gasteiger partial charge on any atom is -0.366 e. The first-order chi connectivity index (χ1) is 11.3. The standard InChI is InChI=1S/C13H15N5O4S2/c1-18(7-2-3-7)24(21,22)10-6-8(11(14)19)13(23-10)16-12(20)9-4-5-15-17-9/h4-7H,2-3H2,1H3,(H2,14,19)(H,15,17)(H,16,20). The first kappa shape index (κ1) is 16.6. The molecule has 0 spiro atoms. The molecule has 1 aliphatic carbocycles. The van der Waals surface area contributed by atoms with Crippen LogP contribution in [0.5, 0.6) is 0 Å². The monoisotopic (exact) mass is 369 g/mol. The highest BCUT2D eigenvalue weighted by atomic mass is 32.2. The SMILES string of the molecule is CN(C1CC1)S(=O)(=O)c1cc(C(N)=O)c(NC(=O)c2cc[nH]n2)s1. The van der Waals surface area contributed by atoms with E-state index in [0.29, 0.717) is 0 Å². The second kappa shape index (κ2) is 6.00. The van der Waals surface area contributed by atoms with Crippen molar-refractivity contribution in [2.45, 2.75) is 23.1 Å². The van der Waals surface area contributed by atoms with Gasteiger partial charge in [0.1, 0.15) is 14.9 Å². The molecule has 0 atom stereocenters. The largest absolute Gasteiger partial charge is 0.366 e. The third kappa shape index (κ3) is 3.05. The molecular formula is C13H15N5O4S2. The van der Waals surface area contributed by atoms with Gasteiger partial charge in [-0.2, -0.15) is 9.40 Å². The van der Waals surface area contributed by atoms with Crippen molar-refractivity contribution in [3.63, 3.8) is 0 Å². The average molecular weight is 369 g/mol. The van der Waals surface area contributed by atoms with Gasteiger partial charge in [0.2, 0.25) is 0 Å². The van der Waals surface area contributed by atoms with Crippen LogP contribution in [0.25, 0.3) is 0 Å². The van der Waals surface area contributed by atoms with E-state index in [0.717, 1.165) is 24.2 Å². The molecule has 1 fully saturated rings. The van der Waals surface area contributed by atoms with Crippen molar-refractivity contribution < 1.29 is 18.0 Å². The average Bonchev–Trinajstić information content (AvgIpc) is 3.04. The van der Waals surface area contributed by atoms with E-state index in [4.69, 9.17) is 5.73 Å². The van der Waals surface area contributed by atoms with Crippen LogP contribution >= 0.6 is 11.3 Å². The number of hydrogen-bond donors (Lipinski definition) is 3. The van der Waals surface area contributed by atoms with Crippen LogP contribution in [0, 0.1) is 0 Å². The number of nitrogens with one attached hydrogen (secondary N) is 2. The molecule has 2 aromatic heterocycles. The number of nitrogens with two attached hydrogens (primary N) is 1. The summed E-state index contributed by atoms with van der Waals surface area (Å²) < 4.78 is 26.4. The normalized spacial score (nSPS) is 14.8. The number of carbonyl (C=O) groups excluding carboxylic acids is 2. The summed E-state index contributed by atoms with van der Waals surface area (Å²) in [6.45, 7) is 0. The minimum atomic E-state index is -3.73. The molecule has 0 aromatic carbocycles. The number of aromatic amines is 1. The second-order valence-corrected chi connectivity index (χ2v) is 8.62. The molecule has 9 nitrogen and oxygen atoms in total. The summed E-state index contributed by atoms with van der Waals surface area (Å²) in [7, 11) is -2.23. The maximum atomic E-state index is 12.6. The Morgan fingerprint density at radius 3 is 2.71 bits per heavy atom. The molecule has 128 valence electrons. The highest BCUT2D eigenvalue weighted by molar-refractivity contribution is 7.91. The second-order valence-electron chi connectivity index (χ2n) is 5.34. The molecule has 0 unspecified atom stereocenters. The van der Waals surface area contributed by atoms with E-state index < -0.39 is 21.8 Å². The number of sulfonamides is 1. The zero-order valence-electron chi connectivity index (χ0n) is 12.6. The first-order valence-corrected chi connectivity index (χ1v) is 9.29. The summed E-state index contributed by atoms with van der Waals surface area (Å²) >= 11 is 0.794. The van der Waals surface area contributed by atoms with E-state index in [-0.39, 0.29) is 26.5 Å². The molecule has 4 N–H and O–H groups in total. The highest BCUT2D eigenvalue weighted by Gasteiger charge is 2.36. The van der Waals surface area contributed by atoms with Gasteiger partial charge < -0.3 is 11.1 Å². The Balaban J connectivity index is 1.93. The van der Waals surface area contributed by atoms with Gasteiger partial charge in [0, 0.05) is 19.3 Å². The predicted molar refractivity (Wildman–Crippen MR) is 87.3 cm³/mol. The molecule has 2 amide bonds. The Labute approximate surface area is 141 Å². The van der Waals surface area contributed by atoms with Crippen LogP contribution in [0.15, 0.2) is 22.5 Å². The number of nitrogens with zero attached hydrogens (tertiary/aromatic N) is 2. The van der Waals surface area contributed by atoms with Crippen LogP contribution in [0.1, 0.15) is 33.7 Å². The number of amides is 2. The van der Waals surface area contributed by atoms with Crippen LogP contribution in [0.3, 0.4) is 0 Å². The number of aromatic nitrogens is 2. The molecule has 1 aliphatic rings. The molecule has 24 heavy (non-hydrogen) atoms. The van der Waals surface area contributed by atoms with Crippen LogP contribution in [0.2, 0.25) is 0 Å². The van der Waals surface area contributed by atoms with E-state index >= 15 is 0 Å². The van der Waals surface area contributed by atoms with E-state index in [9.17, 15) is 18.0 Å². The summed E-state index contributed by atoms with van der Waals surface area (Å²) in [6.07, 6.45) is 3.10. The van der Waals surface area contributed by atoms with Crippen molar-refractivity contribution in [2.75, 3.05) is 12.4 Å². The summed E-state index contributed by atoms with van der Waals surface area (Å²) in [5.74, 6) is -1.39. The fourth-order valence-electron chi connectivity index (χ4n) is 2.10. The van der Waals surface area contributed by atoms with Gasteiger partial charge in [-0.1, -0.05) is 0 Å². The zero-order chi connectivity index (χ0) is 17.5. The third-order valence-corrected chi connectivity index (χ3v) is 7.04. The summed E-state index contributed by atoms with van der Waals surface area (Å²) in [5.41, 5.74) is 5.36. The first-order valence-electron chi connectivity index (χ1n) is 7.03. The molecule has 2 aromatic rings. The lowest BCUT2D eigenvalue weighted by Gasteiger charge is -2.14. The van der Waals surface area contributed by atoms with Gasteiger partial charge in [-0.05, 0) is 25.0 Å². The lowest BCUT2D eigenvalue weighted by molar-refractivity contribution is 0.100. The Hall–Kier alpha value is -2.24. The van der Waals surface area contributed by atoms with E-state index in [1.54, 1.807) is 0 Å². The summed E-state index contributed by atoms with van der Waals surface area (Å²) in [5, 5.41) is 8.79. The van der Waals surface area contributed by atoms with Gasteiger partial charge in [-0.15, -0.1) is 11.3 Å². The lowest BCUT2D eigenvalue weighted by atomic mass is 10.3. The number of primary amides is 1. The molecule has 11 heteroatoms. The number of rotatable bonds is 6. The fraction of sp³-hybridized carbons (Fsp3) is 0.308. The molecule has 0 bridgehead atoms. The summed E-state index contributed by atoms with van der Waals surface area (Å²) in [4.78, 5) is 23.7. The predicted octanol–water partition coefficient (Wildman–Crippen LogP) is 0.605. The van der Waals surface area contributed by atoms with E-state index in [1.165, 1.54) is 29.7 Å². The van der Waals surface area contributed by atoms with E-state index in [2.05, 4.69) is 15.5 Å². The van der Waals surface area contributed by atoms with Gasteiger partial charge in [-0.3, -0.25) is 14.7 Å². The molecule has 0 saturated heterocycles. The number of anilines is 1. The lowest BCUT2D eigenvalue weighted by Crippen LogP contribution is -2.28. The zero-order valence-corrected chi connectivity index (χ0v) is 14.3. The molecule has 0 radical (unpaired) electrons.